The number of hydrogen-bond donors (Lipinski definition) is 2. The van der Waals surface area contributed by atoms with Crippen molar-refractivity contribution in [2.45, 2.75) is 12.8 Å². The van der Waals surface area contributed by atoms with E-state index in [1.807, 2.05) is 0 Å². The Morgan fingerprint density at radius 3 is 2.18 bits per heavy atom. The molecule has 0 unspecified atom stereocenters. The molecule has 1 heterocycles. The molecule has 0 atom stereocenters. The molecule has 0 amide bonds. The normalized spacial score (nSPS) is 21.0. The van der Waals surface area contributed by atoms with Gasteiger partial charge in [0.25, 0.3) is 0 Å². The fourth-order valence-corrected chi connectivity index (χ4v) is 2.81. The summed E-state index contributed by atoms with van der Waals surface area (Å²) in [7, 11) is 0. The van der Waals surface area contributed by atoms with Crippen LogP contribution in [0.2, 0.25) is 0 Å². The second-order valence-electron chi connectivity index (χ2n) is 3.18. The summed E-state index contributed by atoms with van der Waals surface area (Å²) in [6.07, 6.45) is 2.65. The van der Waals surface area contributed by atoms with Crippen molar-refractivity contribution in [3.63, 3.8) is 0 Å². The zero-order valence-electron chi connectivity index (χ0n) is 6.96. The third kappa shape index (κ3) is 2.65. The summed E-state index contributed by atoms with van der Waals surface area (Å²) >= 11 is 2.06. The van der Waals surface area contributed by atoms with E-state index >= 15 is 0 Å². The highest BCUT2D eigenvalue weighted by molar-refractivity contribution is 7.99. The lowest BCUT2D eigenvalue weighted by atomic mass is 9.87. The van der Waals surface area contributed by atoms with Gasteiger partial charge in [-0.05, 0) is 49.3 Å². The maximum Gasteiger partial charge on any atom is -0.00341 e. The average Bonchev–Trinajstić information content (AvgIpc) is 2.09. The molecule has 1 aliphatic heterocycles. The summed E-state index contributed by atoms with van der Waals surface area (Å²) in [5, 5.41) is 0. The van der Waals surface area contributed by atoms with Crippen LogP contribution in [0.3, 0.4) is 0 Å². The third-order valence-corrected chi connectivity index (χ3v) is 3.59. The minimum atomic E-state index is 0.580. The van der Waals surface area contributed by atoms with Gasteiger partial charge in [0.05, 0.1) is 0 Å². The van der Waals surface area contributed by atoms with E-state index in [4.69, 9.17) is 11.5 Å². The summed E-state index contributed by atoms with van der Waals surface area (Å²) in [6, 6.07) is 0. The van der Waals surface area contributed by atoms with E-state index in [9.17, 15) is 0 Å². The SMILES string of the molecule is NCC(CN)C1CCSCC1. The van der Waals surface area contributed by atoms with Crippen LogP contribution in [0.1, 0.15) is 12.8 Å². The molecule has 0 bridgehead atoms. The van der Waals surface area contributed by atoms with E-state index in [-0.39, 0.29) is 0 Å². The summed E-state index contributed by atoms with van der Waals surface area (Å²) in [5.74, 6) is 4.00. The Balaban J connectivity index is 2.30. The highest BCUT2D eigenvalue weighted by Crippen LogP contribution is 2.27. The molecule has 0 aromatic rings. The van der Waals surface area contributed by atoms with Crippen molar-refractivity contribution in [3.8, 4) is 0 Å². The third-order valence-electron chi connectivity index (χ3n) is 2.54. The fraction of sp³-hybridized carbons (Fsp3) is 1.00. The van der Waals surface area contributed by atoms with E-state index in [2.05, 4.69) is 11.8 Å². The van der Waals surface area contributed by atoms with Gasteiger partial charge in [0.2, 0.25) is 0 Å². The van der Waals surface area contributed by atoms with Gasteiger partial charge in [0.15, 0.2) is 0 Å². The highest BCUT2D eigenvalue weighted by atomic mass is 32.2. The van der Waals surface area contributed by atoms with Crippen LogP contribution in [0.15, 0.2) is 0 Å². The first-order valence-electron chi connectivity index (χ1n) is 4.36. The van der Waals surface area contributed by atoms with Crippen LogP contribution >= 0.6 is 11.8 Å². The molecule has 0 saturated carbocycles. The maximum absolute atomic E-state index is 5.63. The van der Waals surface area contributed by atoms with Crippen molar-refractivity contribution >= 4 is 11.8 Å². The molecule has 66 valence electrons. The standard InChI is InChI=1S/C8H18N2S/c9-5-8(6-10)7-1-3-11-4-2-7/h7-8H,1-6,9-10H2. The fourth-order valence-electron chi connectivity index (χ4n) is 1.67. The first-order chi connectivity index (χ1) is 5.38. The van der Waals surface area contributed by atoms with Crippen molar-refractivity contribution in [2.24, 2.45) is 23.3 Å². The smallest absolute Gasteiger partial charge is 0.00341 e. The molecule has 1 saturated heterocycles. The Bertz CT molecular complexity index is 98.3. The van der Waals surface area contributed by atoms with Gasteiger partial charge in [0.1, 0.15) is 0 Å². The lowest BCUT2D eigenvalue weighted by Gasteiger charge is -2.27. The molecule has 1 rings (SSSR count). The van der Waals surface area contributed by atoms with Gasteiger partial charge in [-0.2, -0.15) is 11.8 Å². The van der Waals surface area contributed by atoms with Crippen molar-refractivity contribution in [1.29, 1.82) is 0 Å². The Morgan fingerprint density at radius 2 is 1.73 bits per heavy atom. The molecular formula is C8H18N2S. The van der Waals surface area contributed by atoms with Gasteiger partial charge in [0, 0.05) is 0 Å². The zero-order valence-corrected chi connectivity index (χ0v) is 7.78. The summed E-state index contributed by atoms with van der Waals surface area (Å²) in [4.78, 5) is 0. The second-order valence-corrected chi connectivity index (χ2v) is 4.41. The number of nitrogens with two attached hydrogens (primary N) is 2. The highest BCUT2D eigenvalue weighted by Gasteiger charge is 2.21. The predicted molar refractivity (Wildman–Crippen MR) is 51.6 cm³/mol. The lowest BCUT2D eigenvalue weighted by Crippen LogP contribution is -2.32. The van der Waals surface area contributed by atoms with Gasteiger partial charge < -0.3 is 11.5 Å². The first kappa shape index (κ1) is 9.36. The molecule has 0 aromatic carbocycles. The van der Waals surface area contributed by atoms with Crippen LogP contribution in [0, 0.1) is 11.8 Å². The van der Waals surface area contributed by atoms with Crippen molar-refractivity contribution < 1.29 is 0 Å². The number of thioether (sulfide) groups is 1. The molecule has 1 aliphatic rings. The van der Waals surface area contributed by atoms with Crippen molar-refractivity contribution in [3.05, 3.63) is 0 Å². The Labute approximate surface area is 73.1 Å². The molecule has 0 aliphatic carbocycles. The molecular weight excluding hydrogens is 156 g/mol. The van der Waals surface area contributed by atoms with Gasteiger partial charge in [-0.15, -0.1) is 0 Å². The molecule has 4 N–H and O–H groups in total. The number of rotatable bonds is 3. The Kier molecular flexibility index (Phi) is 4.26. The monoisotopic (exact) mass is 174 g/mol. The van der Waals surface area contributed by atoms with Gasteiger partial charge in [-0.25, -0.2) is 0 Å². The van der Waals surface area contributed by atoms with Gasteiger partial charge in [-0.3, -0.25) is 0 Å². The second kappa shape index (κ2) is 5.01. The van der Waals surface area contributed by atoms with Crippen LogP contribution in [0.4, 0.5) is 0 Å². The number of hydrogen-bond acceptors (Lipinski definition) is 3. The van der Waals surface area contributed by atoms with E-state index in [0.29, 0.717) is 5.92 Å². The van der Waals surface area contributed by atoms with Gasteiger partial charge >= 0.3 is 0 Å². The predicted octanol–water partition coefficient (Wildman–Crippen LogP) is 0.663. The van der Waals surface area contributed by atoms with Crippen LogP contribution in [-0.2, 0) is 0 Å². The minimum Gasteiger partial charge on any atom is -0.330 e. The average molecular weight is 174 g/mol. The zero-order chi connectivity index (χ0) is 8.10. The molecule has 0 spiro atoms. The van der Waals surface area contributed by atoms with Crippen LogP contribution in [-0.4, -0.2) is 24.6 Å². The van der Waals surface area contributed by atoms with Crippen LogP contribution in [0.25, 0.3) is 0 Å². The molecule has 0 aromatic heterocycles. The van der Waals surface area contributed by atoms with Crippen molar-refractivity contribution in [1.82, 2.24) is 0 Å². The molecule has 0 radical (unpaired) electrons. The largest absolute Gasteiger partial charge is 0.330 e. The summed E-state index contributed by atoms with van der Waals surface area (Å²) in [5.41, 5.74) is 11.3. The van der Waals surface area contributed by atoms with Crippen LogP contribution in [0.5, 0.6) is 0 Å². The van der Waals surface area contributed by atoms with E-state index in [0.717, 1.165) is 19.0 Å². The molecule has 3 heteroatoms. The minimum absolute atomic E-state index is 0.580. The van der Waals surface area contributed by atoms with E-state index < -0.39 is 0 Å². The first-order valence-corrected chi connectivity index (χ1v) is 5.51. The summed E-state index contributed by atoms with van der Waals surface area (Å²) in [6.45, 7) is 1.54. The Hall–Kier alpha value is 0.270. The quantitative estimate of drug-likeness (QED) is 0.661. The van der Waals surface area contributed by atoms with Gasteiger partial charge in [-0.1, -0.05) is 0 Å². The van der Waals surface area contributed by atoms with E-state index in [1.54, 1.807) is 0 Å². The lowest BCUT2D eigenvalue weighted by molar-refractivity contribution is 0.326. The van der Waals surface area contributed by atoms with E-state index in [1.165, 1.54) is 24.3 Å². The molecule has 2 nitrogen and oxygen atoms in total. The molecule has 11 heavy (non-hydrogen) atoms. The van der Waals surface area contributed by atoms with Crippen molar-refractivity contribution in [2.75, 3.05) is 24.6 Å². The Morgan fingerprint density at radius 1 is 1.18 bits per heavy atom. The summed E-state index contributed by atoms with van der Waals surface area (Å²) < 4.78 is 0. The topological polar surface area (TPSA) is 52.0 Å². The van der Waals surface area contributed by atoms with Crippen LogP contribution < -0.4 is 11.5 Å². The maximum atomic E-state index is 5.63. The molecule has 1 fully saturated rings.